The van der Waals surface area contributed by atoms with Crippen LogP contribution in [0.25, 0.3) is 11.3 Å². The minimum atomic E-state index is 0.655. The van der Waals surface area contributed by atoms with Crippen molar-refractivity contribution in [1.29, 1.82) is 0 Å². The van der Waals surface area contributed by atoms with Gasteiger partial charge in [-0.2, -0.15) is 0 Å². The number of nitrogens with zero attached hydrogens (tertiary/aromatic N) is 2. The van der Waals surface area contributed by atoms with E-state index >= 15 is 0 Å². The Morgan fingerprint density at radius 1 is 1.33 bits per heavy atom. The molecule has 3 rings (SSSR count). The van der Waals surface area contributed by atoms with Crippen molar-refractivity contribution in [2.24, 2.45) is 0 Å². The van der Waals surface area contributed by atoms with Crippen molar-refractivity contribution < 1.29 is 9.47 Å². The number of aryl methyl sites for hydroxylation is 1. The molecule has 0 fully saturated rings. The highest BCUT2D eigenvalue weighted by Gasteiger charge is 2.21. The highest BCUT2D eigenvalue weighted by molar-refractivity contribution is 5.78. The smallest absolute Gasteiger partial charge is 0.187 e. The molecule has 21 heavy (non-hydrogen) atoms. The fourth-order valence-electron chi connectivity index (χ4n) is 2.63. The van der Waals surface area contributed by atoms with E-state index in [0.29, 0.717) is 11.6 Å². The van der Waals surface area contributed by atoms with E-state index in [1.807, 2.05) is 19.1 Å². The van der Waals surface area contributed by atoms with Gasteiger partial charge in [0, 0.05) is 12.1 Å². The maximum atomic E-state index is 5.87. The normalized spacial score (nSPS) is 13.2. The van der Waals surface area contributed by atoms with Gasteiger partial charge < -0.3 is 14.8 Å². The Kier molecular flexibility index (Phi) is 3.90. The summed E-state index contributed by atoms with van der Waals surface area (Å²) in [6.45, 7) is 3.54. The molecule has 1 N–H and O–H groups in total. The average molecular weight is 285 g/mol. The van der Waals surface area contributed by atoms with E-state index in [1.165, 1.54) is 5.56 Å². The SMILES string of the molecule is CCNc1ncnc(-c2cccc3c2OCCC3)c1OC. The lowest BCUT2D eigenvalue weighted by Crippen LogP contribution is -2.10. The molecule has 2 heterocycles. The number of benzene rings is 1. The van der Waals surface area contributed by atoms with Crippen LogP contribution >= 0.6 is 0 Å². The van der Waals surface area contributed by atoms with Crippen molar-refractivity contribution in [3.05, 3.63) is 30.1 Å². The van der Waals surface area contributed by atoms with Crippen LogP contribution in [-0.2, 0) is 6.42 Å². The van der Waals surface area contributed by atoms with Crippen LogP contribution in [0.3, 0.4) is 0 Å². The minimum Gasteiger partial charge on any atom is -0.493 e. The predicted molar refractivity (Wildman–Crippen MR) is 82.0 cm³/mol. The molecule has 1 aromatic heterocycles. The molecule has 0 radical (unpaired) electrons. The van der Waals surface area contributed by atoms with Crippen molar-refractivity contribution in [3.63, 3.8) is 0 Å². The van der Waals surface area contributed by atoms with Crippen molar-refractivity contribution >= 4 is 5.82 Å². The zero-order valence-corrected chi connectivity index (χ0v) is 12.3. The Morgan fingerprint density at radius 2 is 2.24 bits per heavy atom. The van der Waals surface area contributed by atoms with Gasteiger partial charge >= 0.3 is 0 Å². The number of aromatic nitrogens is 2. The number of para-hydroxylation sites is 1. The number of anilines is 1. The summed E-state index contributed by atoms with van der Waals surface area (Å²) in [4.78, 5) is 8.66. The third kappa shape index (κ3) is 2.51. The summed E-state index contributed by atoms with van der Waals surface area (Å²) in [7, 11) is 1.64. The Morgan fingerprint density at radius 3 is 3.05 bits per heavy atom. The lowest BCUT2D eigenvalue weighted by Gasteiger charge is -2.21. The van der Waals surface area contributed by atoms with Gasteiger partial charge in [0.05, 0.1) is 13.7 Å². The highest BCUT2D eigenvalue weighted by atomic mass is 16.5. The number of methoxy groups -OCH3 is 1. The molecule has 1 aromatic carbocycles. The molecule has 5 nitrogen and oxygen atoms in total. The second kappa shape index (κ2) is 5.99. The summed E-state index contributed by atoms with van der Waals surface area (Å²) < 4.78 is 11.4. The zero-order valence-electron chi connectivity index (χ0n) is 12.3. The minimum absolute atomic E-state index is 0.655. The molecule has 0 spiro atoms. The Hall–Kier alpha value is -2.30. The third-order valence-electron chi connectivity index (χ3n) is 3.54. The van der Waals surface area contributed by atoms with Gasteiger partial charge in [-0.3, -0.25) is 0 Å². The summed E-state index contributed by atoms with van der Waals surface area (Å²) in [5.41, 5.74) is 2.96. The molecule has 2 aromatic rings. The lowest BCUT2D eigenvalue weighted by atomic mass is 10.00. The maximum absolute atomic E-state index is 5.87. The summed E-state index contributed by atoms with van der Waals surface area (Å²) in [5, 5.41) is 3.20. The summed E-state index contributed by atoms with van der Waals surface area (Å²) in [5.74, 6) is 2.28. The van der Waals surface area contributed by atoms with Crippen molar-refractivity contribution in [3.8, 4) is 22.8 Å². The molecule has 1 aliphatic rings. The van der Waals surface area contributed by atoms with E-state index in [4.69, 9.17) is 9.47 Å². The first-order chi connectivity index (χ1) is 10.3. The molecule has 0 atom stereocenters. The Balaban J connectivity index is 2.14. The van der Waals surface area contributed by atoms with Gasteiger partial charge in [0.2, 0.25) is 0 Å². The predicted octanol–water partition coefficient (Wildman–Crippen LogP) is 2.91. The van der Waals surface area contributed by atoms with Gasteiger partial charge in [-0.25, -0.2) is 9.97 Å². The van der Waals surface area contributed by atoms with E-state index in [9.17, 15) is 0 Å². The lowest BCUT2D eigenvalue weighted by molar-refractivity contribution is 0.289. The zero-order chi connectivity index (χ0) is 14.7. The molecule has 0 saturated heterocycles. The third-order valence-corrected chi connectivity index (χ3v) is 3.54. The van der Waals surface area contributed by atoms with Gasteiger partial charge in [-0.1, -0.05) is 12.1 Å². The quantitative estimate of drug-likeness (QED) is 0.936. The average Bonchev–Trinajstić information content (AvgIpc) is 2.54. The molecule has 0 amide bonds. The monoisotopic (exact) mass is 285 g/mol. The van der Waals surface area contributed by atoms with Gasteiger partial charge in [0.15, 0.2) is 11.6 Å². The van der Waals surface area contributed by atoms with Crippen molar-refractivity contribution in [2.75, 3.05) is 25.6 Å². The van der Waals surface area contributed by atoms with Crippen molar-refractivity contribution in [1.82, 2.24) is 9.97 Å². The molecule has 110 valence electrons. The Labute approximate surface area is 124 Å². The standard InChI is InChI=1S/C16H19N3O2/c1-3-17-16-15(20-2)13(18-10-19-16)12-8-4-6-11-7-5-9-21-14(11)12/h4,6,8,10H,3,5,7,9H2,1-2H3,(H,17,18,19). The molecular weight excluding hydrogens is 266 g/mol. The van der Waals surface area contributed by atoms with Crippen LogP contribution in [0.5, 0.6) is 11.5 Å². The number of hydrogen-bond acceptors (Lipinski definition) is 5. The highest BCUT2D eigenvalue weighted by Crippen LogP contribution is 2.40. The van der Waals surface area contributed by atoms with E-state index in [2.05, 4.69) is 21.4 Å². The van der Waals surface area contributed by atoms with Gasteiger partial charge in [-0.15, -0.1) is 0 Å². The number of hydrogen-bond donors (Lipinski definition) is 1. The first-order valence-corrected chi connectivity index (χ1v) is 7.23. The van der Waals surface area contributed by atoms with Crippen LogP contribution < -0.4 is 14.8 Å². The number of rotatable bonds is 4. The van der Waals surface area contributed by atoms with Gasteiger partial charge in [0.1, 0.15) is 17.8 Å². The summed E-state index contributed by atoms with van der Waals surface area (Å²) in [6, 6.07) is 6.17. The molecule has 0 unspecified atom stereocenters. The van der Waals surface area contributed by atoms with Crippen LogP contribution in [0.1, 0.15) is 18.9 Å². The second-order valence-electron chi connectivity index (χ2n) is 4.88. The number of nitrogens with one attached hydrogen (secondary N) is 1. The van der Waals surface area contributed by atoms with Crippen LogP contribution in [0.4, 0.5) is 5.82 Å². The first kappa shape index (κ1) is 13.7. The number of fused-ring (bicyclic) bond motifs is 1. The van der Waals surface area contributed by atoms with Crippen LogP contribution in [0.2, 0.25) is 0 Å². The fraction of sp³-hybridized carbons (Fsp3) is 0.375. The summed E-state index contributed by atoms with van der Waals surface area (Å²) in [6.07, 6.45) is 3.65. The van der Waals surface area contributed by atoms with Crippen LogP contribution in [0.15, 0.2) is 24.5 Å². The van der Waals surface area contributed by atoms with E-state index in [1.54, 1.807) is 13.4 Å². The van der Waals surface area contributed by atoms with E-state index in [-0.39, 0.29) is 0 Å². The Bertz CT molecular complexity index is 643. The largest absolute Gasteiger partial charge is 0.493 e. The molecule has 1 aliphatic heterocycles. The first-order valence-electron chi connectivity index (χ1n) is 7.23. The van der Waals surface area contributed by atoms with Crippen LogP contribution in [0, 0.1) is 0 Å². The molecular formula is C16H19N3O2. The molecule has 0 saturated carbocycles. The van der Waals surface area contributed by atoms with Crippen molar-refractivity contribution in [2.45, 2.75) is 19.8 Å². The molecule has 0 bridgehead atoms. The van der Waals surface area contributed by atoms with Gasteiger partial charge in [-0.05, 0) is 31.4 Å². The summed E-state index contributed by atoms with van der Waals surface area (Å²) >= 11 is 0. The fourth-order valence-corrected chi connectivity index (χ4v) is 2.63. The molecule has 5 heteroatoms. The second-order valence-corrected chi connectivity index (χ2v) is 4.88. The number of ether oxygens (including phenoxy) is 2. The van der Waals surface area contributed by atoms with Gasteiger partial charge in [0.25, 0.3) is 0 Å². The van der Waals surface area contributed by atoms with E-state index < -0.39 is 0 Å². The maximum Gasteiger partial charge on any atom is 0.187 e. The molecule has 0 aliphatic carbocycles. The van der Waals surface area contributed by atoms with Crippen LogP contribution in [-0.4, -0.2) is 30.2 Å². The topological polar surface area (TPSA) is 56.3 Å². The van der Waals surface area contributed by atoms with E-state index in [0.717, 1.165) is 43.0 Å².